The van der Waals surface area contributed by atoms with E-state index >= 15 is 0 Å². The van der Waals surface area contributed by atoms with E-state index in [0.29, 0.717) is 0 Å². The first-order valence-electron chi connectivity index (χ1n) is 0.349. The predicted octanol–water partition coefficient (Wildman–Crippen LogP) is -0.772. The van der Waals surface area contributed by atoms with Crippen molar-refractivity contribution in [2.75, 3.05) is 0 Å². The Morgan fingerprint density at radius 2 is 1.75 bits per heavy atom. The molecule has 19 valence electrons. The van der Waals surface area contributed by atoms with E-state index < -0.39 is 16.1 Å². The number of hydrogen-bond donors (Lipinski definition) is 0. The Morgan fingerprint density at radius 3 is 1.75 bits per heavy atom. The van der Waals surface area contributed by atoms with Gasteiger partial charge in [0, 0.05) is 0 Å². The fourth-order valence-electron chi connectivity index (χ4n) is 0. The van der Waals surface area contributed by atoms with Crippen LogP contribution in [0.4, 0.5) is 0 Å². The first-order valence-corrected chi connectivity index (χ1v) is 5.44. The monoisotopic (exact) mass is 189 g/mol. The Morgan fingerprint density at radius 1 is 1.75 bits per heavy atom. The summed E-state index contributed by atoms with van der Waals surface area (Å²) in [4.78, 5) is 0. The zero-order valence-electron chi connectivity index (χ0n) is 1.26. The second-order valence-electron chi connectivity index (χ2n) is 0.0745. The van der Waals surface area contributed by atoms with Crippen molar-refractivity contribution in [2.45, 2.75) is 0 Å². The summed E-state index contributed by atoms with van der Waals surface area (Å²) < 4.78 is 9.03. The zero-order chi connectivity index (χ0) is 2.71. The summed E-state index contributed by atoms with van der Waals surface area (Å²) in [6.07, 6.45) is 0. The van der Waals surface area contributed by atoms with Crippen molar-refractivity contribution in [2.24, 2.45) is 0 Å². The molecule has 0 amide bonds. The standard InChI is InChI=1S/Mo.Na.O.V.H. The molecule has 0 aliphatic heterocycles. The van der Waals surface area contributed by atoms with E-state index in [9.17, 15) is 0 Å². The van der Waals surface area contributed by atoms with Gasteiger partial charge in [0.15, 0.2) is 0 Å². The van der Waals surface area contributed by atoms with Gasteiger partial charge in [0.05, 0.1) is 0 Å². The van der Waals surface area contributed by atoms with Crippen LogP contribution in [0.25, 0.3) is 0 Å². The molecule has 0 bridgehead atoms. The molecule has 0 aromatic heterocycles. The molecule has 0 saturated heterocycles. The number of hydrogen-bond acceptors (Lipinski definition) is 1. The fraction of sp³-hybridized carbons (Fsp3) is 0. The topological polar surface area (TPSA) is 17.1 Å². The summed E-state index contributed by atoms with van der Waals surface area (Å²) in [6, 6.07) is 0. The molecule has 0 unspecified atom stereocenters. The molecule has 4 heteroatoms. The molecule has 0 saturated carbocycles. The normalized spacial score (nSPS) is 3.00. The molecule has 0 spiro atoms. The van der Waals surface area contributed by atoms with Crippen LogP contribution in [0.5, 0.6) is 0 Å². The van der Waals surface area contributed by atoms with Gasteiger partial charge in [-0.1, -0.05) is 0 Å². The van der Waals surface area contributed by atoms with E-state index in [-0.39, 0.29) is 29.6 Å². The summed E-state index contributed by atoms with van der Waals surface area (Å²) in [5, 5.41) is 0. The van der Waals surface area contributed by atoms with E-state index in [1.54, 1.807) is 0 Å². The molecule has 0 aliphatic rings. The number of rotatable bonds is 0. The molecule has 0 heterocycles. The van der Waals surface area contributed by atoms with Crippen LogP contribution in [0.1, 0.15) is 0 Å². The van der Waals surface area contributed by atoms with Crippen molar-refractivity contribution in [1.82, 2.24) is 0 Å². The zero-order valence-corrected chi connectivity index (χ0v) is 4.67. The van der Waals surface area contributed by atoms with Gasteiger partial charge in [-0.05, 0) is 0 Å². The van der Waals surface area contributed by atoms with Crippen molar-refractivity contribution < 1.29 is 34.2 Å². The minimum absolute atomic E-state index is 0. The van der Waals surface area contributed by atoms with E-state index in [4.69, 9.17) is 3.40 Å². The maximum atomic E-state index is 9.03. The third kappa shape index (κ3) is 8.95. The van der Waals surface area contributed by atoms with Gasteiger partial charge in [0.1, 0.15) is 0 Å². The van der Waals surface area contributed by atoms with Crippen molar-refractivity contribution in [1.29, 1.82) is 0 Å². The van der Waals surface area contributed by atoms with Gasteiger partial charge in [0.25, 0.3) is 0 Å². The van der Waals surface area contributed by atoms with Crippen LogP contribution in [0.3, 0.4) is 0 Å². The quantitative estimate of drug-likeness (QED) is 0.455. The maximum absolute atomic E-state index is 9.03. The van der Waals surface area contributed by atoms with Crippen LogP contribution >= 0.6 is 0 Å². The molecule has 0 N–H and O–H groups in total. The van der Waals surface area contributed by atoms with Crippen LogP contribution in [-0.4, -0.2) is 29.6 Å². The van der Waals surface area contributed by atoms with Gasteiger partial charge in [0.2, 0.25) is 0 Å². The van der Waals surface area contributed by atoms with Crippen molar-refractivity contribution in [3.05, 3.63) is 0 Å². The van der Waals surface area contributed by atoms with Crippen molar-refractivity contribution in [3.8, 4) is 0 Å². The average molecular weight is 187 g/mol. The van der Waals surface area contributed by atoms with Gasteiger partial charge < -0.3 is 0 Å². The Hall–Kier alpha value is 2.07. The third-order valence-corrected chi connectivity index (χ3v) is 0. The van der Waals surface area contributed by atoms with E-state index in [2.05, 4.69) is 0 Å². The first kappa shape index (κ1) is 9.42. The minimum atomic E-state index is -0.842. The second kappa shape index (κ2) is 8.91. The van der Waals surface area contributed by atoms with E-state index in [0.717, 1.165) is 0 Å². The van der Waals surface area contributed by atoms with E-state index in [1.807, 2.05) is 14.6 Å². The van der Waals surface area contributed by atoms with Crippen LogP contribution in [0.2, 0.25) is 0 Å². The van der Waals surface area contributed by atoms with Crippen molar-refractivity contribution >= 4 is 29.6 Å². The summed E-state index contributed by atoms with van der Waals surface area (Å²) in [5.41, 5.74) is 0. The molecule has 0 atom stereocenters. The summed E-state index contributed by atoms with van der Waals surface area (Å²) in [7, 11) is 0. The molecule has 4 heavy (non-hydrogen) atoms. The van der Waals surface area contributed by atoms with Gasteiger partial charge >= 0.3 is 63.7 Å². The Kier molecular flexibility index (Phi) is 21.0. The molecule has 0 aliphatic carbocycles. The van der Waals surface area contributed by atoms with Gasteiger partial charge in [-0.15, -0.1) is 0 Å². The third-order valence-electron chi connectivity index (χ3n) is 0. The molecule has 1 nitrogen and oxygen atoms in total. The predicted molar refractivity (Wildman–Crippen MR) is 7.84 cm³/mol. The molecular formula is HMoNaOV. The molecule has 0 aromatic rings. The van der Waals surface area contributed by atoms with Crippen LogP contribution in [0, 0.1) is 0 Å². The first-order chi connectivity index (χ1) is 1.41. The van der Waals surface area contributed by atoms with Crippen LogP contribution in [0.15, 0.2) is 0 Å². The van der Waals surface area contributed by atoms with Crippen LogP contribution < -0.4 is 0 Å². The van der Waals surface area contributed by atoms with Gasteiger partial charge in [-0.2, -0.15) is 0 Å². The Bertz CT molecular complexity index is 15.5. The van der Waals surface area contributed by atoms with Gasteiger partial charge in [-0.25, -0.2) is 0 Å². The molecule has 0 rings (SSSR count). The van der Waals surface area contributed by atoms with Gasteiger partial charge in [-0.3, -0.25) is 0 Å². The fourth-order valence-corrected chi connectivity index (χ4v) is 0. The summed E-state index contributed by atoms with van der Waals surface area (Å²) in [5.74, 6) is 0. The van der Waals surface area contributed by atoms with Crippen molar-refractivity contribution in [3.63, 3.8) is 0 Å². The molecule has 0 radical (unpaired) electrons. The molecular weight excluding hydrogens is 186 g/mol. The SMILES string of the molecule is [NaH].[O]=[Mo][V]. The summed E-state index contributed by atoms with van der Waals surface area (Å²) in [6.45, 7) is 0. The molecule has 0 aromatic carbocycles. The Labute approximate surface area is 62.7 Å². The van der Waals surface area contributed by atoms with Crippen LogP contribution in [-0.2, 0) is 34.2 Å². The second-order valence-corrected chi connectivity index (χ2v) is 1.82. The average Bonchev–Trinajstić information content (AvgIpc) is 0.918. The Balaban J connectivity index is 0. The van der Waals surface area contributed by atoms with E-state index in [1.165, 1.54) is 0 Å². The molecule has 0 fully saturated rings. The summed E-state index contributed by atoms with van der Waals surface area (Å²) >= 11 is 1.20.